The van der Waals surface area contributed by atoms with Crippen LogP contribution in [0.3, 0.4) is 0 Å². The van der Waals surface area contributed by atoms with Gasteiger partial charge < -0.3 is 20.6 Å². The molecule has 38 heavy (non-hydrogen) atoms. The molecule has 2 aliphatic heterocycles. The summed E-state index contributed by atoms with van der Waals surface area (Å²) in [7, 11) is 0. The molecule has 0 saturated carbocycles. The summed E-state index contributed by atoms with van der Waals surface area (Å²) in [6, 6.07) is 15.9. The first-order valence-electron chi connectivity index (χ1n) is 11.9. The molecule has 1 unspecified atom stereocenters. The summed E-state index contributed by atoms with van der Waals surface area (Å²) >= 11 is 0. The van der Waals surface area contributed by atoms with E-state index < -0.39 is 17.6 Å². The number of rotatable bonds is 4. The number of aliphatic carboxylic acids is 1. The Morgan fingerprint density at radius 3 is 2.26 bits per heavy atom. The number of carboxylic acids is 1. The quantitative estimate of drug-likeness (QED) is 0.415. The normalized spacial score (nSPS) is 18.4. The van der Waals surface area contributed by atoms with Crippen LogP contribution in [0.15, 0.2) is 54.6 Å². The van der Waals surface area contributed by atoms with Crippen molar-refractivity contribution in [3.05, 3.63) is 71.5 Å². The van der Waals surface area contributed by atoms with Crippen LogP contribution in [0, 0.1) is 23.1 Å². The number of benzene rings is 2. The smallest absolute Gasteiger partial charge is 0.475 e. The first-order chi connectivity index (χ1) is 18.0. The van der Waals surface area contributed by atoms with E-state index in [1.165, 1.54) is 12.1 Å². The van der Waals surface area contributed by atoms with E-state index in [1.54, 1.807) is 12.1 Å². The van der Waals surface area contributed by atoms with Gasteiger partial charge >= 0.3 is 12.1 Å². The summed E-state index contributed by atoms with van der Waals surface area (Å²) in [5, 5.41) is 13.0. The number of alkyl halides is 3. The predicted octanol–water partition coefficient (Wildman–Crippen LogP) is 2.92. The van der Waals surface area contributed by atoms with Crippen molar-refractivity contribution in [1.82, 2.24) is 15.5 Å². The van der Waals surface area contributed by atoms with Crippen molar-refractivity contribution >= 4 is 17.8 Å². The van der Waals surface area contributed by atoms with Crippen LogP contribution < -0.4 is 10.6 Å². The van der Waals surface area contributed by atoms with Crippen LogP contribution in [0.2, 0.25) is 0 Å². The van der Waals surface area contributed by atoms with Crippen molar-refractivity contribution in [1.29, 1.82) is 0 Å². The van der Waals surface area contributed by atoms with Crippen LogP contribution in [0.1, 0.15) is 29.9 Å². The lowest BCUT2D eigenvalue weighted by molar-refractivity contribution is -0.192. The van der Waals surface area contributed by atoms with Gasteiger partial charge in [0.15, 0.2) is 0 Å². The molecule has 11 heteroatoms. The summed E-state index contributed by atoms with van der Waals surface area (Å²) in [4.78, 5) is 35.8. The lowest BCUT2D eigenvalue weighted by atomic mass is 9.68. The Morgan fingerprint density at radius 2 is 1.68 bits per heavy atom. The molecule has 7 nitrogen and oxygen atoms in total. The third kappa shape index (κ3) is 7.55. The first-order valence-corrected chi connectivity index (χ1v) is 11.9. The zero-order valence-electron chi connectivity index (χ0n) is 20.4. The number of nitrogens with one attached hydrogen (secondary N) is 2. The van der Waals surface area contributed by atoms with Crippen LogP contribution >= 0.6 is 0 Å². The summed E-state index contributed by atoms with van der Waals surface area (Å²) < 4.78 is 45.1. The molecule has 1 atom stereocenters. The van der Waals surface area contributed by atoms with E-state index >= 15 is 0 Å². The highest BCUT2D eigenvalue weighted by atomic mass is 19.4. The molecule has 1 spiro atoms. The number of piperidine rings is 1. The van der Waals surface area contributed by atoms with Crippen LogP contribution in [0.5, 0.6) is 0 Å². The van der Waals surface area contributed by atoms with Crippen molar-refractivity contribution in [2.24, 2.45) is 5.41 Å². The number of carbonyl (C=O) groups excluding carboxylic acids is 2. The second-order valence-electron chi connectivity index (χ2n) is 8.99. The van der Waals surface area contributed by atoms with E-state index in [0.29, 0.717) is 13.1 Å². The van der Waals surface area contributed by atoms with E-state index in [2.05, 4.69) is 27.4 Å². The molecule has 2 aliphatic rings. The van der Waals surface area contributed by atoms with E-state index in [0.717, 1.165) is 43.6 Å². The number of nitrogens with zero attached hydrogens (tertiary/aromatic N) is 1. The Morgan fingerprint density at radius 1 is 1.08 bits per heavy atom. The van der Waals surface area contributed by atoms with Gasteiger partial charge in [-0.05, 0) is 55.8 Å². The van der Waals surface area contributed by atoms with Crippen molar-refractivity contribution in [3.8, 4) is 11.8 Å². The summed E-state index contributed by atoms with van der Waals surface area (Å²) in [6.45, 7) is 3.41. The zero-order valence-corrected chi connectivity index (χ0v) is 20.4. The standard InChI is InChI=1S/C25H26FN3O2.C2HF3O2/c26-21-9-7-20(8-10-21)22-18-28-24(31)25(22)12-15-29(16-13-25)17-14-27-23(30)11-6-19-4-2-1-3-5-19;3-2(4,5)1(6)7/h1-5,7-10,22H,12-18H2,(H,27,30)(H,28,31);(H,6,7). The van der Waals surface area contributed by atoms with Gasteiger partial charge in [-0.3, -0.25) is 9.59 Å². The van der Waals surface area contributed by atoms with Crippen LogP contribution in [0.25, 0.3) is 0 Å². The van der Waals surface area contributed by atoms with Crippen molar-refractivity contribution in [2.75, 3.05) is 32.7 Å². The molecular weight excluding hydrogens is 506 g/mol. The highest BCUT2D eigenvalue weighted by molar-refractivity contribution is 5.94. The molecule has 2 saturated heterocycles. The Balaban J connectivity index is 0.000000505. The number of likely N-dealkylation sites (tertiary alicyclic amines) is 1. The van der Waals surface area contributed by atoms with E-state index in [-0.39, 0.29) is 23.5 Å². The van der Waals surface area contributed by atoms with Crippen molar-refractivity contribution < 1.29 is 37.1 Å². The minimum Gasteiger partial charge on any atom is -0.475 e. The third-order valence-corrected chi connectivity index (χ3v) is 6.66. The average Bonchev–Trinajstić information content (AvgIpc) is 3.20. The number of carbonyl (C=O) groups is 3. The van der Waals surface area contributed by atoms with Gasteiger partial charge in [-0.15, -0.1) is 0 Å². The van der Waals surface area contributed by atoms with E-state index in [4.69, 9.17) is 9.90 Å². The number of hydrogen-bond acceptors (Lipinski definition) is 4. The molecule has 0 aromatic heterocycles. The molecule has 4 rings (SSSR count). The number of carboxylic acid groups (broad SMARTS) is 1. The second kappa shape index (κ2) is 12.6. The third-order valence-electron chi connectivity index (χ3n) is 6.66. The van der Waals surface area contributed by atoms with Crippen molar-refractivity contribution in [3.63, 3.8) is 0 Å². The fourth-order valence-electron chi connectivity index (χ4n) is 4.63. The lowest BCUT2D eigenvalue weighted by Crippen LogP contribution is -2.47. The molecule has 0 aliphatic carbocycles. The van der Waals surface area contributed by atoms with Gasteiger partial charge in [0.2, 0.25) is 5.91 Å². The Bertz CT molecular complexity index is 1180. The highest BCUT2D eigenvalue weighted by Gasteiger charge is 2.51. The average molecular weight is 534 g/mol. The van der Waals surface area contributed by atoms with E-state index in [9.17, 15) is 27.2 Å². The Kier molecular flexibility index (Phi) is 9.47. The van der Waals surface area contributed by atoms with Crippen LogP contribution in [-0.4, -0.2) is 66.7 Å². The van der Waals surface area contributed by atoms with Gasteiger partial charge in [-0.2, -0.15) is 13.2 Å². The summed E-state index contributed by atoms with van der Waals surface area (Å²) in [5.74, 6) is 2.32. The molecular formula is C27H27F4N3O4. The van der Waals surface area contributed by atoms with Gasteiger partial charge in [0.05, 0.1) is 5.41 Å². The molecule has 202 valence electrons. The summed E-state index contributed by atoms with van der Waals surface area (Å²) in [6.07, 6.45) is -3.58. The monoisotopic (exact) mass is 533 g/mol. The van der Waals surface area contributed by atoms with Crippen LogP contribution in [0.4, 0.5) is 17.6 Å². The largest absolute Gasteiger partial charge is 0.490 e. The maximum atomic E-state index is 13.3. The molecule has 0 radical (unpaired) electrons. The molecule has 2 heterocycles. The molecule has 2 aromatic carbocycles. The van der Waals surface area contributed by atoms with E-state index in [1.807, 2.05) is 30.3 Å². The van der Waals surface area contributed by atoms with Gasteiger partial charge in [-0.1, -0.05) is 36.3 Å². The zero-order chi connectivity index (χ0) is 27.8. The minimum atomic E-state index is -5.08. The first kappa shape index (κ1) is 28.7. The lowest BCUT2D eigenvalue weighted by Gasteiger charge is -2.41. The Labute approximate surface area is 217 Å². The summed E-state index contributed by atoms with van der Waals surface area (Å²) in [5.41, 5.74) is 1.39. The van der Waals surface area contributed by atoms with Gasteiger partial charge in [0.1, 0.15) is 5.82 Å². The highest BCUT2D eigenvalue weighted by Crippen LogP contribution is 2.47. The van der Waals surface area contributed by atoms with Crippen molar-refractivity contribution in [2.45, 2.75) is 24.9 Å². The second-order valence-corrected chi connectivity index (χ2v) is 8.99. The molecule has 2 aromatic rings. The van der Waals surface area contributed by atoms with Gasteiger partial charge in [-0.25, -0.2) is 9.18 Å². The minimum absolute atomic E-state index is 0.0655. The fraction of sp³-hybridized carbons (Fsp3) is 0.370. The molecule has 2 amide bonds. The SMILES string of the molecule is O=C(C#Cc1ccccc1)NCCN1CCC2(CC1)C(=O)NCC2c1ccc(F)cc1.O=C(O)C(F)(F)F. The Hall–Kier alpha value is -3.91. The van der Waals surface area contributed by atoms with Gasteiger partial charge in [0.25, 0.3) is 5.91 Å². The predicted molar refractivity (Wildman–Crippen MR) is 130 cm³/mol. The maximum Gasteiger partial charge on any atom is 0.490 e. The molecule has 0 bridgehead atoms. The van der Waals surface area contributed by atoms with Crippen LogP contribution in [-0.2, 0) is 14.4 Å². The molecule has 2 fully saturated rings. The molecule has 3 N–H and O–H groups in total. The number of amides is 2. The number of hydrogen-bond donors (Lipinski definition) is 3. The topological polar surface area (TPSA) is 98.7 Å². The maximum absolute atomic E-state index is 13.3. The number of halogens is 4. The fourth-order valence-corrected chi connectivity index (χ4v) is 4.63. The van der Waals surface area contributed by atoms with Gasteiger partial charge in [0, 0.05) is 37.0 Å².